The topological polar surface area (TPSA) is 47.0 Å². The van der Waals surface area contributed by atoms with Gasteiger partial charge in [-0.2, -0.15) is 0 Å². The average molecular weight is 262 g/mol. The second kappa shape index (κ2) is 4.55. The molecular weight excluding hydrogens is 250 g/mol. The predicted octanol–water partition coefficient (Wildman–Crippen LogP) is 2.41. The Morgan fingerprint density at radius 1 is 1.33 bits per heavy atom. The molecule has 3 rings (SSSR count). The minimum atomic E-state index is 0.637. The summed E-state index contributed by atoms with van der Waals surface area (Å²) in [4.78, 5) is 8.95. The van der Waals surface area contributed by atoms with E-state index in [1.807, 2.05) is 18.3 Å². The SMILES string of the molecule is COc1cc(Cl)ccc1-c1ncc2c(n1)CNC2. The van der Waals surface area contributed by atoms with E-state index in [0.717, 1.165) is 29.9 Å². The van der Waals surface area contributed by atoms with E-state index in [-0.39, 0.29) is 0 Å². The molecule has 1 aromatic carbocycles. The summed E-state index contributed by atoms with van der Waals surface area (Å²) in [5.41, 5.74) is 3.07. The summed E-state index contributed by atoms with van der Waals surface area (Å²) < 4.78 is 5.32. The third-order valence-corrected chi connectivity index (χ3v) is 3.20. The highest BCUT2D eigenvalue weighted by Gasteiger charge is 2.15. The molecule has 0 atom stereocenters. The van der Waals surface area contributed by atoms with Crippen LogP contribution in [0, 0.1) is 0 Å². The Balaban J connectivity index is 2.09. The van der Waals surface area contributed by atoms with Gasteiger partial charge in [-0.1, -0.05) is 11.6 Å². The molecule has 0 saturated carbocycles. The zero-order valence-electron chi connectivity index (χ0n) is 9.90. The van der Waals surface area contributed by atoms with Crippen molar-refractivity contribution in [3.05, 3.63) is 40.7 Å². The van der Waals surface area contributed by atoms with Gasteiger partial charge >= 0.3 is 0 Å². The van der Waals surface area contributed by atoms with Crippen LogP contribution in [-0.2, 0) is 13.1 Å². The highest BCUT2D eigenvalue weighted by Crippen LogP contribution is 2.30. The van der Waals surface area contributed by atoms with Gasteiger partial charge in [-0.15, -0.1) is 0 Å². The molecule has 0 amide bonds. The van der Waals surface area contributed by atoms with Gasteiger partial charge in [0.2, 0.25) is 0 Å². The lowest BCUT2D eigenvalue weighted by Crippen LogP contribution is -2.00. The van der Waals surface area contributed by atoms with Crippen molar-refractivity contribution < 1.29 is 4.74 Å². The van der Waals surface area contributed by atoms with Crippen molar-refractivity contribution in [2.75, 3.05) is 7.11 Å². The number of benzene rings is 1. The van der Waals surface area contributed by atoms with Gasteiger partial charge < -0.3 is 10.1 Å². The van der Waals surface area contributed by atoms with Crippen molar-refractivity contribution in [3.8, 4) is 17.1 Å². The molecule has 0 saturated heterocycles. The zero-order chi connectivity index (χ0) is 12.5. The van der Waals surface area contributed by atoms with Gasteiger partial charge in [-0.25, -0.2) is 9.97 Å². The highest BCUT2D eigenvalue weighted by atomic mass is 35.5. The van der Waals surface area contributed by atoms with Crippen molar-refractivity contribution in [1.82, 2.24) is 15.3 Å². The maximum atomic E-state index is 5.95. The monoisotopic (exact) mass is 261 g/mol. The lowest BCUT2D eigenvalue weighted by Gasteiger charge is -2.08. The fraction of sp³-hybridized carbons (Fsp3) is 0.231. The Morgan fingerprint density at radius 3 is 3.06 bits per heavy atom. The molecule has 1 aliphatic heterocycles. The van der Waals surface area contributed by atoms with E-state index >= 15 is 0 Å². The Morgan fingerprint density at radius 2 is 2.22 bits per heavy atom. The Labute approximate surface area is 110 Å². The molecular formula is C13H12ClN3O. The number of rotatable bonds is 2. The molecule has 2 aromatic rings. The smallest absolute Gasteiger partial charge is 0.163 e. The van der Waals surface area contributed by atoms with Gasteiger partial charge in [0.05, 0.1) is 18.4 Å². The number of ether oxygens (including phenoxy) is 1. The van der Waals surface area contributed by atoms with Gasteiger partial charge in [0, 0.05) is 29.9 Å². The number of hydrogen-bond donors (Lipinski definition) is 1. The number of fused-ring (bicyclic) bond motifs is 1. The molecule has 1 aromatic heterocycles. The Bertz CT molecular complexity index is 601. The molecule has 92 valence electrons. The molecule has 0 unspecified atom stereocenters. The van der Waals surface area contributed by atoms with Crippen molar-refractivity contribution in [2.45, 2.75) is 13.1 Å². The summed E-state index contributed by atoms with van der Waals surface area (Å²) in [6.07, 6.45) is 1.87. The van der Waals surface area contributed by atoms with Gasteiger partial charge in [0.15, 0.2) is 5.82 Å². The lowest BCUT2D eigenvalue weighted by molar-refractivity contribution is 0.416. The molecule has 1 N–H and O–H groups in total. The van der Waals surface area contributed by atoms with Crippen molar-refractivity contribution >= 4 is 11.6 Å². The van der Waals surface area contributed by atoms with E-state index in [2.05, 4.69) is 15.3 Å². The molecule has 0 radical (unpaired) electrons. The molecule has 18 heavy (non-hydrogen) atoms. The van der Waals surface area contributed by atoms with Crippen LogP contribution in [0.15, 0.2) is 24.4 Å². The maximum absolute atomic E-state index is 5.95. The average Bonchev–Trinajstić information content (AvgIpc) is 2.85. The first-order valence-corrected chi connectivity index (χ1v) is 6.05. The van der Waals surface area contributed by atoms with E-state index in [9.17, 15) is 0 Å². The molecule has 2 heterocycles. The third kappa shape index (κ3) is 1.94. The lowest BCUT2D eigenvalue weighted by atomic mass is 10.1. The summed E-state index contributed by atoms with van der Waals surface area (Å²) in [5.74, 6) is 1.36. The Hall–Kier alpha value is -1.65. The summed E-state index contributed by atoms with van der Waals surface area (Å²) in [6.45, 7) is 1.63. The number of nitrogens with zero attached hydrogens (tertiary/aromatic N) is 2. The van der Waals surface area contributed by atoms with E-state index in [1.54, 1.807) is 13.2 Å². The summed E-state index contributed by atoms with van der Waals surface area (Å²) in [5, 5.41) is 3.89. The zero-order valence-corrected chi connectivity index (χ0v) is 10.7. The predicted molar refractivity (Wildman–Crippen MR) is 69.6 cm³/mol. The first-order chi connectivity index (χ1) is 8.78. The number of methoxy groups -OCH3 is 1. The van der Waals surface area contributed by atoms with Crippen LogP contribution < -0.4 is 10.1 Å². The maximum Gasteiger partial charge on any atom is 0.163 e. The summed E-state index contributed by atoms with van der Waals surface area (Å²) in [7, 11) is 1.62. The molecule has 0 bridgehead atoms. The van der Waals surface area contributed by atoms with Crippen molar-refractivity contribution in [3.63, 3.8) is 0 Å². The number of nitrogens with one attached hydrogen (secondary N) is 1. The van der Waals surface area contributed by atoms with E-state index in [1.165, 1.54) is 0 Å². The van der Waals surface area contributed by atoms with Crippen LogP contribution >= 0.6 is 11.6 Å². The van der Waals surface area contributed by atoms with Gasteiger partial charge in [-0.3, -0.25) is 0 Å². The second-order valence-electron chi connectivity index (χ2n) is 4.11. The summed E-state index contributed by atoms with van der Waals surface area (Å²) in [6, 6.07) is 5.46. The molecule has 5 heteroatoms. The quantitative estimate of drug-likeness (QED) is 0.902. The highest BCUT2D eigenvalue weighted by molar-refractivity contribution is 6.30. The van der Waals surface area contributed by atoms with Gasteiger partial charge in [0.25, 0.3) is 0 Å². The molecule has 4 nitrogen and oxygen atoms in total. The Kier molecular flexibility index (Phi) is 2.89. The van der Waals surface area contributed by atoms with E-state index in [4.69, 9.17) is 16.3 Å². The third-order valence-electron chi connectivity index (χ3n) is 2.97. The molecule has 0 spiro atoms. The number of halogens is 1. The van der Waals surface area contributed by atoms with Crippen molar-refractivity contribution in [2.24, 2.45) is 0 Å². The standard InChI is InChI=1S/C13H12ClN3O/c1-18-12-4-9(14)2-3-10(12)13-16-6-8-5-15-7-11(8)17-13/h2-4,6,15H,5,7H2,1H3. The van der Waals surface area contributed by atoms with Crippen LogP contribution in [0.3, 0.4) is 0 Å². The molecule has 0 fully saturated rings. The van der Waals surface area contributed by atoms with Crippen LogP contribution in [0.5, 0.6) is 5.75 Å². The van der Waals surface area contributed by atoms with Crippen molar-refractivity contribution in [1.29, 1.82) is 0 Å². The largest absolute Gasteiger partial charge is 0.496 e. The minimum Gasteiger partial charge on any atom is -0.496 e. The second-order valence-corrected chi connectivity index (χ2v) is 4.55. The number of hydrogen-bond acceptors (Lipinski definition) is 4. The molecule has 1 aliphatic rings. The minimum absolute atomic E-state index is 0.637. The van der Waals surface area contributed by atoms with Crippen LogP contribution in [0.25, 0.3) is 11.4 Å². The van der Waals surface area contributed by atoms with Crippen LogP contribution in [0.1, 0.15) is 11.3 Å². The molecule has 0 aliphatic carbocycles. The first kappa shape index (κ1) is 11.4. The van der Waals surface area contributed by atoms with Crippen LogP contribution in [-0.4, -0.2) is 17.1 Å². The first-order valence-electron chi connectivity index (χ1n) is 5.67. The van der Waals surface area contributed by atoms with E-state index < -0.39 is 0 Å². The van der Waals surface area contributed by atoms with Crippen LogP contribution in [0.4, 0.5) is 0 Å². The fourth-order valence-corrected chi connectivity index (χ4v) is 2.20. The fourth-order valence-electron chi connectivity index (χ4n) is 2.04. The van der Waals surface area contributed by atoms with Crippen LogP contribution in [0.2, 0.25) is 5.02 Å². The number of aromatic nitrogens is 2. The van der Waals surface area contributed by atoms with Gasteiger partial charge in [-0.05, 0) is 18.2 Å². The van der Waals surface area contributed by atoms with E-state index in [0.29, 0.717) is 16.6 Å². The summed E-state index contributed by atoms with van der Waals surface area (Å²) >= 11 is 5.95. The normalized spacial score (nSPS) is 13.4. The van der Waals surface area contributed by atoms with Gasteiger partial charge in [0.1, 0.15) is 5.75 Å².